The van der Waals surface area contributed by atoms with E-state index in [9.17, 15) is 4.39 Å². The molecule has 1 aromatic heterocycles. The van der Waals surface area contributed by atoms with Gasteiger partial charge in [0.05, 0.1) is 18.4 Å². The van der Waals surface area contributed by atoms with Crippen molar-refractivity contribution in [2.24, 2.45) is 5.73 Å². The van der Waals surface area contributed by atoms with Crippen molar-refractivity contribution in [1.29, 1.82) is 0 Å². The zero-order valence-electron chi connectivity index (χ0n) is 8.40. The summed E-state index contributed by atoms with van der Waals surface area (Å²) in [7, 11) is 0. The molecule has 0 radical (unpaired) electrons. The number of hydrogen-bond acceptors (Lipinski definition) is 3. The van der Waals surface area contributed by atoms with Gasteiger partial charge in [0.15, 0.2) is 0 Å². The molecule has 2 aromatic rings. The van der Waals surface area contributed by atoms with Crippen LogP contribution in [0.3, 0.4) is 0 Å². The van der Waals surface area contributed by atoms with Crippen molar-refractivity contribution in [2.75, 3.05) is 0 Å². The van der Waals surface area contributed by atoms with Gasteiger partial charge in [0, 0.05) is 11.0 Å². The molecule has 0 aliphatic rings. The maximum absolute atomic E-state index is 12.9. The average molecular weight is 285 g/mol. The van der Waals surface area contributed by atoms with Crippen molar-refractivity contribution < 1.29 is 4.39 Å². The molecule has 0 atom stereocenters. The van der Waals surface area contributed by atoms with E-state index in [4.69, 9.17) is 5.73 Å². The SMILES string of the molecule is NCc1cn(Cc2ccc(F)cc2Br)nn1. The van der Waals surface area contributed by atoms with Gasteiger partial charge in [0.2, 0.25) is 0 Å². The number of nitrogens with two attached hydrogens (primary N) is 1. The van der Waals surface area contributed by atoms with Crippen LogP contribution in [0.15, 0.2) is 28.9 Å². The van der Waals surface area contributed by atoms with E-state index in [1.54, 1.807) is 16.9 Å². The van der Waals surface area contributed by atoms with Crippen molar-refractivity contribution in [3.8, 4) is 0 Å². The average Bonchev–Trinajstić information content (AvgIpc) is 2.70. The van der Waals surface area contributed by atoms with Gasteiger partial charge in [0.25, 0.3) is 0 Å². The van der Waals surface area contributed by atoms with E-state index in [0.717, 1.165) is 15.7 Å². The summed E-state index contributed by atoms with van der Waals surface area (Å²) in [4.78, 5) is 0. The molecule has 0 aliphatic carbocycles. The highest BCUT2D eigenvalue weighted by Crippen LogP contribution is 2.18. The summed E-state index contributed by atoms with van der Waals surface area (Å²) < 4.78 is 15.3. The van der Waals surface area contributed by atoms with E-state index in [1.807, 2.05) is 0 Å². The van der Waals surface area contributed by atoms with Crippen LogP contribution in [0.2, 0.25) is 0 Å². The highest BCUT2D eigenvalue weighted by Gasteiger charge is 2.04. The molecule has 0 saturated carbocycles. The van der Waals surface area contributed by atoms with Crippen LogP contribution in [0.4, 0.5) is 4.39 Å². The maximum Gasteiger partial charge on any atom is 0.124 e. The van der Waals surface area contributed by atoms with Crippen molar-refractivity contribution in [3.05, 3.63) is 45.9 Å². The number of aromatic nitrogens is 3. The predicted molar refractivity (Wildman–Crippen MR) is 61.1 cm³/mol. The topological polar surface area (TPSA) is 56.7 Å². The monoisotopic (exact) mass is 284 g/mol. The van der Waals surface area contributed by atoms with E-state index in [1.165, 1.54) is 12.1 Å². The molecular weight excluding hydrogens is 275 g/mol. The Morgan fingerprint density at radius 1 is 1.44 bits per heavy atom. The van der Waals surface area contributed by atoms with Gasteiger partial charge in [-0.1, -0.05) is 27.2 Å². The smallest absolute Gasteiger partial charge is 0.124 e. The Hall–Kier alpha value is -1.27. The van der Waals surface area contributed by atoms with Gasteiger partial charge in [-0.3, -0.25) is 0 Å². The van der Waals surface area contributed by atoms with Crippen LogP contribution < -0.4 is 5.73 Å². The van der Waals surface area contributed by atoms with Crippen LogP contribution in [0.5, 0.6) is 0 Å². The molecule has 4 nitrogen and oxygen atoms in total. The van der Waals surface area contributed by atoms with Gasteiger partial charge in [-0.15, -0.1) is 5.10 Å². The van der Waals surface area contributed by atoms with Crippen molar-refractivity contribution in [2.45, 2.75) is 13.1 Å². The Bertz CT molecular complexity index is 497. The van der Waals surface area contributed by atoms with Crippen LogP contribution in [0.1, 0.15) is 11.3 Å². The molecule has 84 valence electrons. The van der Waals surface area contributed by atoms with E-state index < -0.39 is 0 Å². The summed E-state index contributed by atoms with van der Waals surface area (Å²) in [6.07, 6.45) is 1.77. The van der Waals surface area contributed by atoms with Crippen molar-refractivity contribution in [1.82, 2.24) is 15.0 Å². The summed E-state index contributed by atoms with van der Waals surface area (Å²) in [6, 6.07) is 4.56. The van der Waals surface area contributed by atoms with E-state index in [-0.39, 0.29) is 5.82 Å². The third kappa shape index (κ3) is 2.45. The number of halogens is 2. The van der Waals surface area contributed by atoms with E-state index in [0.29, 0.717) is 13.1 Å². The van der Waals surface area contributed by atoms with Crippen LogP contribution in [0, 0.1) is 5.82 Å². The number of rotatable bonds is 3. The molecule has 0 amide bonds. The van der Waals surface area contributed by atoms with Crippen LogP contribution in [0.25, 0.3) is 0 Å². The quantitative estimate of drug-likeness (QED) is 0.933. The normalized spacial score (nSPS) is 10.7. The van der Waals surface area contributed by atoms with Crippen LogP contribution in [-0.2, 0) is 13.1 Å². The van der Waals surface area contributed by atoms with Crippen molar-refractivity contribution in [3.63, 3.8) is 0 Å². The molecule has 6 heteroatoms. The minimum absolute atomic E-state index is 0.267. The third-order valence-electron chi connectivity index (χ3n) is 2.14. The van der Waals surface area contributed by atoms with E-state index >= 15 is 0 Å². The minimum atomic E-state index is -0.267. The first-order chi connectivity index (χ1) is 7.69. The second kappa shape index (κ2) is 4.71. The van der Waals surface area contributed by atoms with Gasteiger partial charge < -0.3 is 5.73 Å². The summed E-state index contributed by atoms with van der Waals surface area (Å²) in [5, 5.41) is 7.79. The van der Waals surface area contributed by atoms with E-state index in [2.05, 4.69) is 26.2 Å². The molecular formula is C10H10BrFN4. The Morgan fingerprint density at radius 3 is 2.88 bits per heavy atom. The zero-order chi connectivity index (χ0) is 11.5. The molecule has 0 aliphatic heterocycles. The van der Waals surface area contributed by atoms with Gasteiger partial charge >= 0.3 is 0 Å². The highest BCUT2D eigenvalue weighted by atomic mass is 79.9. The molecule has 0 bridgehead atoms. The molecule has 1 aromatic carbocycles. The number of nitrogens with zero attached hydrogens (tertiary/aromatic N) is 3. The molecule has 0 unspecified atom stereocenters. The maximum atomic E-state index is 12.9. The second-order valence-electron chi connectivity index (χ2n) is 3.35. The Balaban J connectivity index is 2.20. The first-order valence-electron chi connectivity index (χ1n) is 4.72. The number of hydrogen-bond donors (Lipinski definition) is 1. The molecule has 0 spiro atoms. The molecule has 1 heterocycles. The van der Waals surface area contributed by atoms with Gasteiger partial charge in [-0.05, 0) is 17.7 Å². The predicted octanol–water partition coefficient (Wildman–Crippen LogP) is 1.69. The highest BCUT2D eigenvalue weighted by molar-refractivity contribution is 9.10. The Morgan fingerprint density at radius 2 is 2.25 bits per heavy atom. The standard InChI is InChI=1S/C10H10BrFN4/c11-10-3-8(12)2-1-7(10)5-16-6-9(4-13)14-15-16/h1-3,6H,4-5,13H2. The van der Waals surface area contributed by atoms with Gasteiger partial charge in [0.1, 0.15) is 5.82 Å². The fourth-order valence-electron chi connectivity index (χ4n) is 1.33. The molecule has 2 N–H and O–H groups in total. The van der Waals surface area contributed by atoms with Gasteiger partial charge in [-0.25, -0.2) is 9.07 Å². The lowest BCUT2D eigenvalue weighted by atomic mass is 10.2. The van der Waals surface area contributed by atoms with Crippen LogP contribution in [-0.4, -0.2) is 15.0 Å². The largest absolute Gasteiger partial charge is 0.325 e. The lowest BCUT2D eigenvalue weighted by Crippen LogP contribution is -2.01. The summed E-state index contributed by atoms with van der Waals surface area (Å²) in [5.41, 5.74) is 7.11. The molecule has 0 saturated heterocycles. The van der Waals surface area contributed by atoms with Gasteiger partial charge in [-0.2, -0.15) is 0 Å². The molecule has 2 rings (SSSR count). The molecule has 16 heavy (non-hydrogen) atoms. The van der Waals surface area contributed by atoms with Crippen LogP contribution >= 0.6 is 15.9 Å². The fourth-order valence-corrected chi connectivity index (χ4v) is 1.81. The lowest BCUT2D eigenvalue weighted by Gasteiger charge is -2.03. The minimum Gasteiger partial charge on any atom is -0.325 e. The third-order valence-corrected chi connectivity index (χ3v) is 2.88. The molecule has 0 fully saturated rings. The summed E-state index contributed by atoms with van der Waals surface area (Å²) >= 11 is 3.30. The first kappa shape index (κ1) is 11.2. The van der Waals surface area contributed by atoms with Crippen molar-refractivity contribution >= 4 is 15.9 Å². The second-order valence-corrected chi connectivity index (χ2v) is 4.20. The zero-order valence-corrected chi connectivity index (χ0v) is 9.98. The first-order valence-corrected chi connectivity index (χ1v) is 5.51. The Kier molecular flexibility index (Phi) is 3.31. The summed E-state index contributed by atoms with van der Waals surface area (Å²) in [6.45, 7) is 0.901. The lowest BCUT2D eigenvalue weighted by molar-refractivity contribution is 0.619. The summed E-state index contributed by atoms with van der Waals surface area (Å²) in [5.74, 6) is -0.267. The fraction of sp³-hybridized carbons (Fsp3) is 0.200. The number of benzene rings is 1. The Labute approximate surface area is 100 Å².